The summed E-state index contributed by atoms with van der Waals surface area (Å²) in [5, 5.41) is 0. The third-order valence-electron chi connectivity index (χ3n) is 2.56. The van der Waals surface area contributed by atoms with Gasteiger partial charge in [0.25, 0.3) is 5.91 Å². The van der Waals surface area contributed by atoms with E-state index in [9.17, 15) is 9.18 Å². The van der Waals surface area contributed by atoms with E-state index in [4.69, 9.17) is 0 Å². The van der Waals surface area contributed by atoms with Crippen LogP contribution < -0.4 is 0 Å². The van der Waals surface area contributed by atoms with E-state index in [1.807, 2.05) is 20.8 Å². The molecule has 0 aromatic heterocycles. The van der Waals surface area contributed by atoms with Crippen LogP contribution in [0.15, 0.2) is 30.9 Å². The van der Waals surface area contributed by atoms with Crippen molar-refractivity contribution < 1.29 is 9.18 Å². The van der Waals surface area contributed by atoms with Crippen LogP contribution in [0.3, 0.4) is 0 Å². The molecular formula is C14H18FNO. The largest absolute Gasteiger partial charge is 0.332 e. The van der Waals surface area contributed by atoms with E-state index in [0.29, 0.717) is 6.54 Å². The van der Waals surface area contributed by atoms with Crippen molar-refractivity contribution in [3.05, 3.63) is 47.8 Å². The summed E-state index contributed by atoms with van der Waals surface area (Å²) in [7, 11) is 0. The number of benzene rings is 1. The Morgan fingerprint density at radius 1 is 1.53 bits per heavy atom. The quantitative estimate of drug-likeness (QED) is 0.734. The first-order valence-corrected chi connectivity index (χ1v) is 5.65. The minimum Gasteiger partial charge on any atom is -0.332 e. The number of amides is 1. The first kappa shape index (κ1) is 13.4. The van der Waals surface area contributed by atoms with Gasteiger partial charge in [-0.3, -0.25) is 4.79 Å². The summed E-state index contributed by atoms with van der Waals surface area (Å²) in [5.74, 6) is -0.767. The van der Waals surface area contributed by atoms with E-state index < -0.39 is 5.82 Å². The molecule has 0 aliphatic heterocycles. The molecular weight excluding hydrogens is 217 g/mol. The number of carbonyl (C=O) groups excluding carboxylic acids is 1. The molecule has 0 N–H and O–H groups in total. The number of hydrogen-bond acceptors (Lipinski definition) is 1. The Kier molecular flexibility index (Phi) is 4.44. The lowest BCUT2D eigenvalue weighted by atomic mass is 10.1. The molecule has 92 valence electrons. The van der Waals surface area contributed by atoms with Crippen molar-refractivity contribution in [1.29, 1.82) is 0 Å². The normalized spacial score (nSPS) is 10.4. The predicted octanol–water partition coefficient (Wildman–Crippen LogP) is 3.17. The van der Waals surface area contributed by atoms with Crippen LogP contribution in [0, 0.1) is 12.7 Å². The third-order valence-corrected chi connectivity index (χ3v) is 2.56. The lowest BCUT2D eigenvalue weighted by Gasteiger charge is -2.25. The Labute approximate surface area is 102 Å². The molecule has 2 nitrogen and oxygen atoms in total. The number of rotatable bonds is 4. The van der Waals surface area contributed by atoms with Gasteiger partial charge in [0.2, 0.25) is 0 Å². The lowest BCUT2D eigenvalue weighted by molar-refractivity contribution is 0.0724. The van der Waals surface area contributed by atoms with E-state index >= 15 is 0 Å². The Balaban J connectivity index is 3.08. The van der Waals surface area contributed by atoms with Crippen molar-refractivity contribution in [2.75, 3.05) is 6.54 Å². The van der Waals surface area contributed by atoms with Crippen LogP contribution in [0.5, 0.6) is 0 Å². The minimum atomic E-state index is -0.477. The molecule has 0 atom stereocenters. The molecule has 1 rings (SSSR count). The fourth-order valence-electron chi connectivity index (χ4n) is 1.63. The zero-order valence-corrected chi connectivity index (χ0v) is 10.5. The molecule has 0 saturated carbocycles. The number of halogens is 1. The summed E-state index contributed by atoms with van der Waals surface area (Å²) < 4.78 is 13.6. The van der Waals surface area contributed by atoms with E-state index in [0.717, 1.165) is 5.56 Å². The number of carbonyl (C=O) groups is 1. The van der Waals surface area contributed by atoms with Gasteiger partial charge in [-0.2, -0.15) is 0 Å². The standard InChI is InChI=1S/C14H18FNO/c1-5-8-16(10(2)3)14(17)12-9-11(4)6-7-13(12)15/h5-7,9-10H,1,8H2,2-4H3. The molecule has 1 aromatic rings. The molecule has 0 aliphatic rings. The van der Waals surface area contributed by atoms with Gasteiger partial charge in [0.05, 0.1) is 5.56 Å². The zero-order chi connectivity index (χ0) is 13.0. The second-order valence-corrected chi connectivity index (χ2v) is 4.32. The number of hydrogen-bond donors (Lipinski definition) is 0. The van der Waals surface area contributed by atoms with Crippen molar-refractivity contribution >= 4 is 5.91 Å². The first-order valence-electron chi connectivity index (χ1n) is 5.65. The van der Waals surface area contributed by atoms with Crippen LogP contribution in [0.25, 0.3) is 0 Å². The second kappa shape index (κ2) is 5.62. The van der Waals surface area contributed by atoms with Gasteiger partial charge in [0, 0.05) is 12.6 Å². The topological polar surface area (TPSA) is 20.3 Å². The molecule has 0 saturated heterocycles. The molecule has 0 unspecified atom stereocenters. The molecule has 0 fully saturated rings. The highest BCUT2D eigenvalue weighted by Gasteiger charge is 2.20. The highest BCUT2D eigenvalue weighted by molar-refractivity contribution is 5.95. The predicted molar refractivity (Wildman–Crippen MR) is 67.5 cm³/mol. The first-order chi connectivity index (χ1) is 7.97. The minimum absolute atomic E-state index is 0.0143. The van der Waals surface area contributed by atoms with Crippen molar-refractivity contribution in [1.82, 2.24) is 4.90 Å². The zero-order valence-electron chi connectivity index (χ0n) is 10.5. The molecule has 1 amide bonds. The Morgan fingerprint density at radius 3 is 2.71 bits per heavy atom. The SMILES string of the molecule is C=CCN(C(=O)c1cc(C)ccc1F)C(C)C. The van der Waals surface area contributed by atoms with Gasteiger partial charge in [-0.15, -0.1) is 6.58 Å². The average molecular weight is 235 g/mol. The van der Waals surface area contributed by atoms with E-state index in [-0.39, 0.29) is 17.5 Å². The maximum absolute atomic E-state index is 13.6. The molecule has 17 heavy (non-hydrogen) atoms. The number of aryl methyl sites for hydroxylation is 1. The maximum Gasteiger partial charge on any atom is 0.257 e. The summed E-state index contributed by atoms with van der Waals surface area (Å²) in [4.78, 5) is 13.8. The van der Waals surface area contributed by atoms with Gasteiger partial charge < -0.3 is 4.90 Å². The van der Waals surface area contributed by atoms with Crippen LogP contribution in [0.1, 0.15) is 29.8 Å². The third kappa shape index (κ3) is 3.16. The van der Waals surface area contributed by atoms with Crippen molar-refractivity contribution in [3.8, 4) is 0 Å². The molecule has 0 heterocycles. The highest BCUT2D eigenvalue weighted by Crippen LogP contribution is 2.14. The number of nitrogens with zero attached hydrogens (tertiary/aromatic N) is 1. The van der Waals surface area contributed by atoms with E-state index in [2.05, 4.69) is 6.58 Å². The van der Waals surface area contributed by atoms with Gasteiger partial charge in [0.15, 0.2) is 0 Å². The van der Waals surface area contributed by atoms with E-state index in [1.165, 1.54) is 6.07 Å². The van der Waals surface area contributed by atoms with Crippen LogP contribution in [0.2, 0.25) is 0 Å². The Hall–Kier alpha value is -1.64. The fourth-order valence-corrected chi connectivity index (χ4v) is 1.63. The molecule has 3 heteroatoms. The van der Waals surface area contributed by atoms with Crippen LogP contribution >= 0.6 is 0 Å². The Bertz CT molecular complexity index is 426. The van der Waals surface area contributed by atoms with Gasteiger partial charge in [-0.05, 0) is 32.9 Å². The van der Waals surface area contributed by atoms with Crippen LogP contribution in [0.4, 0.5) is 4.39 Å². The fraction of sp³-hybridized carbons (Fsp3) is 0.357. The van der Waals surface area contributed by atoms with Crippen molar-refractivity contribution in [2.45, 2.75) is 26.8 Å². The van der Waals surface area contributed by atoms with Crippen molar-refractivity contribution in [2.24, 2.45) is 0 Å². The van der Waals surface area contributed by atoms with Crippen LogP contribution in [-0.2, 0) is 0 Å². The van der Waals surface area contributed by atoms with Gasteiger partial charge >= 0.3 is 0 Å². The summed E-state index contributed by atoms with van der Waals surface area (Å²) in [6, 6.07) is 4.57. The molecule has 0 spiro atoms. The van der Waals surface area contributed by atoms with Gasteiger partial charge in [-0.25, -0.2) is 4.39 Å². The summed E-state index contributed by atoms with van der Waals surface area (Å²) in [6.07, 6.45) is 1.64. The van der Waals surface area contributed by atoms with E-state index in [1.54, 1.807) is 23.1 Å². The smallest absolute Gasteiger partial charge is 0.257 e. The molecule has 0 bridgehead atoms. The Morgan fingerprint density at radius 2 is 2.18 bits per heavy atom. The second-order valence-electron chi connectivity index (χ2n) is 4.32. The lowest BCUT2D eigenvalue weighted by Crippen LogP contribution is -2.37. The molecule has 1 aromatic carbocycles. The van der Waals surface area contributed by atoms with Gasteiger partial charge in [0.1, 0.15) is 5.82 Å². The van der Waals surface area contributed by atoms with Crippen LogP contribution in [-0.4, -0.2) is 23.4 Å². The summed E-state index contributed by atoms with van der Waals surface area (Å²) in [5.41, 5.74) is 0.998. The molecule has 0 radical (unpaired) electrons. The summed E-state index contributed by atoms with van der Waals surface area (Å²) in [6.45, 7) is 9.66. The average Bonchev–Trinajstić information content (AvgIpc) is 2.28. The van der Waals surface area contributed by atoms with Gasteiger partial charge in [-0.1, -0.05) is 17.7 Å². The van der Waals surface area contributed by atoms with Crippen molar-refractivity contribution in [3.63, 3.8) is 0 Å². The summed E-state index contributed by atoms with van der Waals surface area (Å²) >= 11 is 0. The molecule has 0 aliphatic carbocycles. The monoisotopic (exact) mass is 235 g/mol. The highest BCUT2D eigenvalue weighted by atomic mass is 19.1. The maximum atomic E-state index is 13.6.